The molecule has 11 heteroatoms. The fourth-order valence-corrected chi connectivity index (χ4v) is 4.34. The summed E-state index contributed by atoms with van der Waals surface area (Å²) < 4.78 is 75.4. The normalized spacial score (nSPS) is 18.6. The third kappa shape index (κ3) is 4.53. The SMILES string of the molecule is COc1ccc(OC2CCCN(S(=O)(=O)c3ccc(C(F)(F)F)cc3)C2)nn1. The highest BCUT2D eigenvalue weighted by Crippen LogP contribution is 2.30. The van der Waals surface area contributed by atoms with Crippen molar-refractivity contribution in [3.05, 3.63) is 42.0 Å². The lowest BCUT2D eigenvalue weighted by molar-refractivity contribution is -0.137. The number of sulfonamides is 1. The standard InChI is InChI=1S/C17H18F3N3O4S/c1-26-15-8-9-16(22-21-15)27-13-3-2-10-23(11-13)28(24,25)14-6-4-12(5-7-14)17(18,19)20/h4-9,13H,2-3,10-11H2,1H3. The molecule has 2 aromatic rings. The van der Waals surface area contributed by atoms with Crippen molar-refractivity contribution in [2.45, 2.75) is 30.0 Å². The average molecular weight is 417 g/mol. The van der Waals surface area contributed by atoms with Crippen LogP contribution >= 0.6 is 0 Å². The average Bonchev–Trinajstić information content (AvgIpc) is 2.68. The molecule has 0 aliphatic carbocycles. The minimum Gasteiger partial charge on any atom is -0.480 e. The van der Waals surface area contributed by atoms with E-state index in [1.165, 1.54) is 11.4 Å². The van der Waals surface area contributed by atoms with Gasteiger partial charge >= 0.3 is 6.18 Å². The van der Waals surface area contributed by atoms with E-state index < -0.39 is 27.9 Å². The summed E-state index contributed by atoms with van der Waals surface area (Å²) in [6.45, 7) is 0.328. The Morgan fingerprint density at radius 2 is 1.71 bits per heavy atom. The molecule has 1 aliphatic rings. The molecule has 1 atom stereocenters. The Morgan fingerprint density at radius 3 is 2.29 bits per heavy atom. The minimum atomic E-state index is -4.52. The van der Waals surface area contributed by atoms with Crippen LogP contribution in [0.15, 0.2) is 41.3 Å². The summed E-state index contributed by atoms with van der Waals surface area (Å²) in [5.41, 5.74) is -0.899. The Morgan fingerprint density at radius 1 is 1.07 bits per heavy atom. The van der Waals surface area contributed by atoms with Gasteiger partial charge in [0.2, 0.25) is 21.8 Å². The second-order valence-corrected chi connectivity index (χ2v) is 8.12. The van der Waals surface area contributed by atoms with Crippen LogP contribution < -0.4 is 9.47 Å². The van der Waals surface area contributed by atoms with Crippen LogP contribution in [0, 0.1) is 0 Å². The van der Waals surface area contributed by atoms with Crippen molar-refractivity contribution < 1.29 is 31.1 Å². The van der Waals surface area contributed by atoms with Gasteiger partial charge in [-0.3, -0.25) is 0 Å². The summed E-state index contributed by atoms with van der Waals surface area (Å²) in [7, 11) is -2.48. The number of nitrogens with zero attached hydrogens (tertiary/aromatic N) is 3. The molecule has 1 aromatic carbocycles. The first-order valence-corrected chi connectivity index (χ1v) is 9.86. The molecule has 1 aromatic heterocycles. The van der Waals surface area contributed by atoms with E-state index in [1.807, 2.05) is 0 Å². The highest BCUT2D eigenvalue weighted by molar-refractivity contribution is 7.89. The maximum absolute atomic E-state index is 12.8. The molecule has 0 bridgehead atoms. The van der Waals surface area contributed by atoms with Gasteiger partial charge in [-0.1, -0.05) is 0 Å². The molecule has 3 rings (SSSR count). The second kappa shape index (κ2) is 7.92. The molecule has 1 unspecified atom stereocenters. The predicted octanol–water partition coefficient (Wildman–Crippen LogP) is 2.74. The quantitative estimate of drug-likeness (QED) is 0.744. The number of piperidine rings is 1. The van der Waals surface area contributed by atoms with Gasteiger partial charge in [0.1, 0.15) is 6.10 Å². The third-order valence-corrected chi connectivity index (χ3v) is 6.15. The summed E-state index contributed by atoms with van der Waals surface area (Å²) >= 11 is 0. The van der Waals surface area contributed by atoms with Crippen LogP contribution in [0.5, 0.6) is 11.8 Å². The summed E-state index contributed by atoms with van der Waals surface area (Å²) in [5.74, 6) is 0.557. The van der Waals surface area contributed by atoms with E-state index in [-0.39, 0.29) is 23.9 Å². The summed E-state index contributed by atoms with van der Waals surface area (Å²) in [6, 6.07) is 6.60. The van der Waals surface area contributed by atoms with E-state index >= 15 is 0 Å². The van der Waals surface area contributed by atoms with Gasteiger partial charge in [-0.25, -0.2) is 8.42 Å². The fraction of sp³-hybridized carbons (Fsp3) is 0.412. The van der Waals surface area contributed by atoms with Crippen LogP contribution in [0.2, 0.25) is 0 Å². The molecule has 0 N–H and O–H groups in total. The summed E-state index contributed by atoms with van der Waals surface area (Å²) in [6.07, 6.45) is -3.80. The third-order valence-electron chi connectivity index (χ3n) is 4.27. The van der Waals surface area contributed by atoms with Crippen molar-refractivity contribution in [3.63, 3.8) is 0 Å². The molecular weight excluding hydrogens is 399 g/mol. The van der Waals surface area contributed by atoms with Crippen LogP contribution in [-0.4, -0.2) is 49.2 Å². The molecule has 1 aliphatic heterocycles. The Balaban J connectivity index is 1.71. The zero-order valence-electron chi connectivity index (χ0n) is 14.9. The number of ether oxygens (including phenoxy) is 2. The van der Waals surface area contributed by atoms with Crippen molar-refractivity contribution in [2.75, 3.05) is 20.2 Å². The monoisotopic (exact) mass is 417 g/mol. The molecule has 0 amide bonds. The van der Waals surface area contributed by atoms with E-state index in [0.29, 0.717) is 18.7 Å². The van der Waals surface area contributed by atoms with Crippen molar-refractivity contribution in [1.29, 1.82) is 0 Å². The second-order valence-electron chi connectivity index (χ2n) is 6.18. The van der Waals surface area contributed by atoms with Crippen LogP contribution in [0.1, 0.15) is 18.4 Å². The van der Waals surface area contributed by atoms with Gasteiger partial charge in [0.25, 0.3) is 0 Å². The van der Waals surface area contributed by atoms with Crippen molar-refractivity contribution >= 4 is 10.0 Å². The number of methoxy groups -OCH3 is 1. The van der Waals surface area contributed by atoms with Crippen molar-refractivity contribution in [3.8, 4) is 11.8 Å². The first-order valence-electron chi connectivity index (χ1n) is 8.42. The number of hydrogen-bond acceptors (Lipinski definition) is 6. The molecule has 7 nitrogen and oxygen atoms in total. The van der Waals surface area contributed by atoms with E-state index in [9.17, 15) is 21.6 Å². The van der Waals surface area contributed by atoms with Gasteiger partial charge in [0.15, 0.2) is 0 Å². The molecule has 0 spiro atoms. The molecule has 2 heterocycles. The van der Waals surface area contributed by atoms with E-state index in [0.717, 1.165) is 24.3 Å². The largest absolute Gasteiger partial charge is 0.480 e. The number of halogens is 3. The van der Waals surface area contributed by atoms with E-state index in [4.69, 9.17) is 9.47 Å². The summed E-state index contributed by atoms with van der Waals surface area (Å²) in [4.78, 5) is -0.189. The lowest BCUT2D eigenvalue weighted by Crippen LogP contribution is -2.44. The van der Waals surface area contributed by atoms with Crippen molar-refractivity contribution in [2.24, 2.45) is 0 Å². The van der Waals surface area contributed by atoms with Gasteiger partial charge in [-0.2, -0.15) is 17.5 Å². The number of rotatable bonds is 5. The topological polar surface area (TPSA) is 81.6 Å². The minimum absolute atomic E-state index is 0.0665. The molecule has 1 saturated heterocycles. The summed E-state index contributed by atoms with van der Waals surface area (Å²) in [5, 5.41) is 7.64. The smallest absolute Gasteiger partial charge is 0.416 e. The van der Waals surface area contributed by atoms with Crippen LogP contribution in [0.25, 0.3) is 0 Å². The van der Waals surface area contributed by atoms with Gasteiger partial charge in [0.05, 0.1) is 24.1 Å². The highest BCUT2D eigenvalue weighted by atomic mass is 32.2. The molecular formula is C17H18F3N3O4S. The number of aromatic nitrogens is 2. The Labute approximate surface area is 160 Å². The van der Waals surface area contributed by atoms with E-state index in [2.05, 4.69) is 10.2 Å². The maximum Gasteiger partial charge on any atom is 0.416 e. The molecule has 152 valence electrons. The zero-order chi connectivity index (χ0) is 20.4. The van der Waals surface area contributed by atoms with Crippen molar-refractivity contribution in [1.82, 2.24) is 14.5 Å². The van der Waals surface area contributed by atoms with Gasteiger partial charge in [-0.05, 0) is 37.1 Å². The number of alkyl halides is 3. The van der Waals surface area contributed by atoms with E-state index in [1.54, 1.807) is 12.1 Å². The fourth-order valence-electron chi connectivity index (χ4n) is 2.83. The lowest BCUT2D eigenvalue weighted by atomic mass is 10.1. The lowest BCUT2D eigenvalue weighted by Gasteiger charge is -2.31. The first-order chi connectivity index (χ1) is 13.2. The molecule has 1 fully saturated rings. The van der Waals surface area contributed by atoms with Gasteiger partial charge in [-0.15, -0.1) is 10.2 Å². The van der Waals surface area contributed by atoms with Crippen LogP contribution in [0.3, 0.4) is 0 Å². The number of hydrogen-bond donors (Lipinski definition) is 0. The molecule has 0 saturated carbocycles. The highest BCUT2D eigenvalue weighted by Gasteiger charge is 2.33. The maximum atomic E-state index is 12.8. The molecule has 0 radical (unpaired) electrons. The van der Waals surface area contributed by atoms with Crippen LogP contribution in [-0.2, 0) is 16.2 Å². The number of benzene rings is 1. The van der Waals surface area contributed by atoms with Gasteiger partial charge < -0.3 is 9.47 Å². The van der Waals surface area contributed by atoms with Crippen LogP contribution in [0.4, 0.5) is 13.2 Å². The first kappa shape index (κ1) is 20.3. The Kier molecular flexibility index (Phi) is 5.75. The zero-order valence-corrected chi connectivity index (χ0v) is 15.7. The predicted molar refractivity (Wildman–Crippen MR) is 92.4 cm³/mol. The Hall–Kier alpha value is -2.40. The van der Waals surface area contributed by atoms with Gasteiger partial charge in [0, 0.05) is 18.7 Å². The Bertz CT molecular complexity index is 903. The molecule has 28 heavy (non-hydrogen) atoms.